The smallest absolute Gasteiger partial charge is 0.261 e. The fraction of sp³-hybridized carbons (Fsp3) is 0.259. The van der Waals surface area contributed by atoms with Gasteiger partial charge in [0.05, 0.1) is 0 Å². The van der Waals surface area contributed by atoms with Crippen molar-refractivity contribution >= 4 is 27.7 Å². The van der Waals surface area contributed by atoms with Crippen LogP contribution in [-0.4, -0.2) is 35.4 Å². The molecule has 0 aliphatic heterocycles. The lowest BCUT2D eigenvalue weighted by Crippen LogP contribution is -2.52. The summed E-state index contributed by atoms with van der Waals surface area (Å²) in [6, 6.07) is 26.0. The van der Waals surface area contributed by atoms with Gasteiger partial charge in [0.1, 0.15) is 11.8 Å². The largest absolute Gasteiger partial charge is 0.484 e. The summed E-state index contributed by atoms with van der Waals surface area (Å²) in [7, 11) is 0. The SMILES string of the molecule is CC(C)NC(=O)[C@H](Cc1ccccc1)N(Cc1ccc(Br)cc1)C(=O)COc1ccccc1. The van der Waals surface area contributed by atoms with Crippen LogP contribution in [0.2, 0.25) is 0 Å². The normalized spacial score (nSPS) is 11.6. The number of nitrogens with one attached hydrogen (secondary N) is 1. The number of nitrogens with zero attached hydrogens (tertiary/aromatic N) is 1. The Labute approximate surface area is 203 Å². The highest BCUT2D eigenvalue weighted by Gasteiger charge is 2.31. The molecule has 1 atom stereocenters. The summed E-state index contributed by atoms with van der Waals surface area (Å²) >= 11 is 3.45. The van der Waals surface area contributed by atoms with Crippen LogP contribution in [0.15, 0.2) is 89.4 Å². The first-order chi connectivity index (χ1) is 15.9. The van der Waals surface area contributed by atoms with E-state index in [2.05, 4.69) is 21.2 Å². The summed E-state index contributed by atoms with van der Waals surface area (Å²) < 4.78 is 6.69. The second kappa shape index (κ2) is 12.2. The molecular formula is C27H29BrN2O3. The third-order valence-corrected chi connectivity index (χ3v) is 5.60. The monoisotopic (exact) mass is 508 g/mol. The number of ether oxygens (including phenoxy) is 1. The summed E-state index contributed by atoms with van der Waals surface area (Å²) in [4.78, 5) is 28.3. The van der Waals surface area contributed by atoms with Gasteiger partial charge in [-0.05, 0) is 49.2 Å². The number of benzene rings is 3. The van der Waals surface area contributed by atoms with E-state index >= 15 is 0 Å². The molecule has 33 heavy (non-hydrogen) atoms. The van der Waals surface area contributed by atoms with E-state index < -0.39 is 6.04 Å². The van der Waals surface area contributed by atoms with Gasteiger partial charge in [-0.2, -0.15) is 0 Å². The Morgan fingerprint density at radius 2 is 1.48 bits per heavy atom. The molecule has 0 spiro atoms. The predicted molar refractivity (Wildman–Crippen MR) is 134 cm³/mol. The maximum Gasteiger partial charge on any atom is 0.261 e. The minimum atomic E-state index is -0.676. The summed E-state index contributed by atoms with van der Waals surface area (Å²) in [5, 5.41) is 2.99. The molecule has 1 N–H and O–H groups in total. The van der Waals surface area contributed by atoms with Crippen molar-refractivity contribution in [1.29, 1.82) is 0 Å². The molecule has 3 aromatic carbocycles. The number of rotatable bonds is 10. The fourth-order valence-corrected chi connectivity index (χ4v) is 3.73. The van der Waals surface area contributed by atoms with Gasteiger partial charge in [0.15, 0.2) is 6.61 Å². The van der Waals surface area contributed by atoms with Crippen molar-refractivity contribution in [2.45, 2.75) is 38.9 Å². The molecule has 2 amide bonds. The molecule has 3 aromatic rings. The first kappa shape index (κ1) is 24.5. The van der Waals surface area contributed by atoms with Crippen LogP contribution in [0.1, 0.15) is 25.0 Å². The molecule has 5 nitrogen and oxygen atoms in total. The molecule has 0 heterocycles. The van der Waals surface area contributed by atoms with E-state index in [4.69, 9.17) is 4.74 Å². The van der Waals surface area contributed by atoms with E-state index in [1.54, 1.807) is 17.0 Å². The molecule has 6 heteroatoms. The highest BCUT2D eigenvalue weighted by molar-refractivity contribution is 9.10. The minimum Gasteiger partial charge on any atom is -0.484 e. The Morgan fingerprint density at radius 3 is 2.09 bits per heavy atom. The van der Waals surface area contributed by atoms with Gasteiger partial charge in [0.25, 0.3) is 5.91 Å². The molecule has 0 fully saturated rings. The van der Waals surface area contributed by atoms with E-state index in [0.717, 1.165) is 15.6 Å². The summed E-state index contributed by atoms with van der Waals surface area (Å²) in [6.07, 6.45) is 0.410. The number of amides is 2. The molecule has 3 rings (SSSR count). The lowest BCUT2D eigenvalue weighted by atomic mass is 10.0. The highest BCUT2D eigenvalue weighted by atomic mass is 79.9. The average Bonchev–Trinajstić information content (AvgIpc) is 2.82. The number of hydrogen-bond acceptors (Lipinski definition) is 3. The van der Waals surface area contributed by atoms with Gasteiger partial charge in [0.2, 0.25) is 5.91 Å². The molecule has 0 aliphatic carbocycles. The maximum atomic E-state index is 13.4. The molecule has 172 valence electrons. The zero-order chi connectivity index (χ0) is 23.6. The molecule has 0 aromatic heterocycles. The maximum absolute atomic E-state index is 13.4. The zero-order valence-corrected chi connectivity index (χ0v) is 20.5. The third kappa shape index (κ3) is 7.75. The van der Waals surface area contributed by atoms with Gasteiger partial charge in [-0.3, -0.25) is 9.59 Å². The molecule has 0 radical (unpaired) electrons. The Bertz CT molecular complexity index is 1020. The lowest BCUT2D eigenvalue weighted by Gasteiger charge is -2.32. The zero-order valence-electron chi connectivity index (χ0n) is 18.9. The van der Waals surface area contributed by atoms with E-state index in [1.807, 2.05) is 86.6 Å². The Kier molecular flexibility index (Phi) is 9.07. The van der Waals surface area contributed by atoms with Crippen LogP contribution in [0, 0.1) is 0 Å². The quantitative estimate of drug-likeness (QED) is 0.419. The standard InChI is InChI=1S/C27H29BrN2O3/c1-20(2)29-27(32)25(17-21-9-5-3-6-10-21)30(18-22-13-15-23(28)16-14-22)26(31)19-33-24-11-7-4-8-12-24/h3-16,20,25H,17-19H2,1-2H3,(H,29,32)/t25-/m0/s1. The van der Waals surface area contributed by atoms with Gasteiger partial charge < -0.3 is 15.0 Å². The number of para-hydroxylation sites is 1. The van der Waals surface area contributed by atoms with Gasteiger partial charge >= 0.3 is 0 Å². The topological polar surface area (TPSA) is 58.6 Å². The van der Waals surface area contributed by atoms with Crippen molar-refractivity contribution in [1.82, 2.24) is 10.2 Å². The summed E-state index contributed by atoms with van der Waals surface area (Å²) in [5.74, 6) is 0.182. The number of carbonyl (C=O) groups excluding carboxylic acids is 2. The van der Waals surface area contributed by atoms with Crippen molar-refractivity contribution in [2.75, 3.05) is 6.61 Å². The number of hydrogen-bond donors (Lipinski definition) is 1. The first-order valence-corrected chi connectivity index (χ1v) is 11.8. The minimum absolute atomic E-state index is 0.0408. The summed E-state index contributed by atoms with van der Waals surface area (Å²) in [5.41, 5.74) is 1.92. The third-order valence-electron chi connectivity index (χ3n) is 5.07. The van der Waals surface area contributed by atoms with E-state index in [9.17, 15) is 9.59 Å². The van der Waals surface area contributed by atoms with Crippen molar-refractivity contribution in [3.63, 3.8) is 0 Å². The average molecular weight is 509 g/mol. The Morgan fingerprint density at radius 1 is 0.879 bits per heavy atom. The molecule has 0 saturated heterocycles. The summed E-state index contributed by atoms with van der Waals surface area (Å²) in [6.45, 7) is 3.97. The van der Waals surface area contributed by atoms with Crippen LogP contribution in [0.4, 0.5) is 0 Å². The second-order valence-electron chi connectivity index (χ2n) is 8.12. The Hall–Kier alpha value is -3.12. The van der Waals surface area contributed by atoms with Crippen LogP contribution in [-0.2, 0) is 22.6 Å². The van der Waals surface area contributed by atoms with Crippen LogP contribution in [0.5, 0.6) is 5.75 Å². The Balaban J connectivity index is 1.89. The molecule has 0 bridgehead atoms. The predicted octanol–water partition coefficient (Wildman–Crippen LogP) is 4.99. The van der Waals surface area contributed by atoms with Crippen molar-refractivity contribution < 1.29 is 14.3 Å². The molecule has 0 saturated carbocycles. The van der Waals surface area contributed by atoms with Crippen molar-refractivity contribution in [3.8, 4) is 5.75 Å². The highest BCUT2D eigenvalue weighted by Crippen LogP contribution is 2.18. The second-order valence-corrected chi connectivity index (χ2v) is 9.03. The fourth-order valence-electron chi connectivity index (χ4n) is 3.47. The van der Waals surface area contributed by atoms with Crippen LogP contribution < -0.4 is 10.1 Å². The van der Waals surface area contributed by atoms with Gasteiger partial charge in [-0.25, -0.2) is 0 Å². The molecular weight excluding hydrogens is 480 g/mol. The van der Waals surface area contributed by atoms with Crippen LogP contribution >= 0.6 is 15.9 Å². The van der Waals surface area contributed by atoms with Crippen LogP contribution in [0.25, 0.3) is 0 Å². The van der Waals surface area contributed by atoms with E-state index in [1.165, 1.54) is 0 Å². The van der Waals surface area contributed by atoms with Crippen molar-refractivity contribution in [3.05, 3.63) is 101 Å². The molecule has 0 unspecified atom stereocenters. The van der Waals surface area contributed by atoms with Crippen LogP contribution in [0.3, 0.4) is 0 Å². The van der Waals surface area contributed by atoms with Gasteiger partial charge in [-0.15, -0.1) is 0 Å². The van der Waals surface area contributed by atoms with E-state index in [0.29, 0.717) is 18.7 Å². The van der Waals surface area contributed by atoms with Gasteiger partial charge in [0, 0.05) is 23.5 Å². The first-order valence-electron chi connectivity index (χ1n) is 11.0. The molecule has 0 aliphatic rings. The van der Waals surface area contributed by atoms with Gasteiger partial charge in [-0.1, -0.05) is 76.6 Å². The number of halogens is 1. The van der Waals surface area contributed by atoms with Crippen molar-refractivity contribution in [2.24, 2.45) is 0 Å². The van der Waals surface area contributed by atoms with E-state index in [-0.39, 0.29) is 24.5 Å². The lowest BCUT2D eigenvalue weighted by molar-refractivity contribution is -0.143. The number of carbonyl (C=O) groups is 2.